The molecule has 2 rings (SSSR count). The Bertz CT molecular complexity index is 656. The van der Waals surface area contributed by atoms with Crippen molar-refractivity contribution in [2.45, 2.75) is 6.54 Å². The molecule has 0 unspecified atom stereocenters. The predicted octanol–water partition coefficient (Wildman–Crippen LogP) is 2.18. The molecule has 0 atom stereocenters. The lowest BCUT2D eigenvalue weighted by molar-refractivity contribution is 0.0946. The number of pyridine rings is 1. The number of nitrogens with zero attached hydrogens (tertiary/aromatic N) is 1. The number of hydrogen-bond acceptors (Lipinski definition) is 4. The first-order valence-electron chi connectivity index (χ1n) is 5.76. The molecular formula is C14H11BrN2O2S. The molecule has 0 spiro atoms. The monoisotopic (exact) mass is 350 g/mol. The van der Waals surface area contributed by atoms with Crippen LogP contribution in [0.4, 0.5) is 0 Å². The molecule has 0 saturated heterocycles. The zero-order valence-corrected chi connectivity index (χ0v) is 12.8. The van der Waals surface area contributed by atoms with E-state index in [0.717, 1.165) is 9.35 Å². The van der Waals surface area contributed by atoms with Gasteiger partial charge in [0, 0.05) is 26.5 Å². The Kier molecular flexibility index (Phi) is 5.30. The van der Waals surface area contributed by atoms with Crippen molar-refractivity contribution in [3.8, 4) is 11.8 Å². The van der Waals surface area contributed by atoms with Crippen molar-refractivity contribution in [3.05, 3.63) is 50.4 Å². The molecule has 102 valence electrons. The Morgan fingerprint density at radius 3 is 2.95 bits per heavy atom. The van der Waals surface area contributed by atoms with Crippen molar-refractivity contribution < 1.29 is 9.90 Å². The summed E-state index contributed by atoms with van der Waals surface area (Å²) in [6.07, 6.45) is 1.51. The quantitative estimate of drug-likeness (QED) is 0.834. The first kappa shape index (κ1) is 14.7. The average Bonchev–Trinajstić information content (AvgIpc) is 2.89. The van der Waals surface area contributed by atoms with E-state index in [9.17, 15) is 4.79 Å². The van der Waals surface area contributed by atoms with E-state index >= 15 is 0 Å². The van der Waals surface area contributed by atoms with Crippen molar-refractivity contribution in [1.82, 2.24) is 10.3 Å². The van der Waals surface area contributed by atoms with Gasteiger partial charge in [-0.1, -0.05) is 11.8 Å². The van der Waals surface area contributed by atoms with E-state index in [1.807, 2.05) is 11.4 Å². The molecular weight excluding hydrogens is 340 g/mol. The highest BCUT2D eigenvalue weighted by Crippen LogP contribution is 2.19. The minimum atomic E-state index is -0.226. The number of aromatic nitrogens is 1. The topological polar surface area (TPSA) is 62.2 Å². The fourth-order valence-electron chi connectivity index (χ4n) is 1.45. The van der Waals surface area contributed by atoms with Gasteiger partial charge in [-0.3, -0.25) is 4.79 Å². The average molecular weight is 351 g/mol. The summed E-state index contributed by atoms with van der Waals surface area (Å²) in [5.74, 6) is 5.02. The number of rotatable bonds is 3. The Morgan fingerprint density at radius 1 is 1.50 bits per heavy atom. The van der Waals surface area contributed by atoms with E-state index in [1.54, 1.807) is 23.5 Å². The third-order valence-corrected chi connectivity index (χ3v) is 4.05. The minimum absolute atomic E-state index is 0.196. The molecule has 6 heteroatoms. The van der Waals surface area contributed by atoms with Gasteiger partial charge in [-0.05, 0) is 34.1 Å². The van der Waals surface area contributed by atoms with Gasteiger partial charge in [-0.15, -0.1) is 11.3 Å². The molecule has 1 amide bonds. The van der Waals surface area contributed by atoms with E-state index in [-0.39, 0.29) is 12.5 Å². The predicted molar refractivity (Wildman–Crippen MR) is 81.4 cm³/mol. The maximum Gasteiger partial charge on any atom is 0.270 e. The highest BCUT2D eigenvalue weighted by atomic mass is 79.9. The molecule has 0 aromatic carbocycles. The number of carbonyl (C=O) groups is 1. The van der Waals surface area contributed by atoms with E-state index in [2.05, 4.69) is 38.1 Å². The lowest BCUT2D eigenvalue weighted by atomic mass is 10.2. The van der Waals surface area contributed by atoms with Crippen LogP contribution in [0.25, 0.3) is 0 Å². The number of carbonyl (C=O) groups excluding carboxylic acids is 1. The van der Waals surface area contributed by atoms with Crippen LogP contribution in [0.2, 0.25) is 0 Å². The molecule has 0 saturated carbocycles. The molecule has 0 bridgehead atoms. The van der Waals surface area contributed by atoms with Gasteiger partial charge in [0.25, 0.3) is 5.91 Å². The molecule has 0 aliphatic heterocycles. The number of aliphatic hydroxyl groups is 1. The highest BCUT2D eigenvalue weighted by molar-refractivity contribution is 9.10. The molecule has 2 N–H and O–H groups in total. The molecule has 2 aromatic heterocycles. The third-order valence-electron chi connectivity index (χ3n) is 2.35. The molecule has 0 fully saturated rings. The zero-order chi connectivity index (χ0) is 14.4. The third kappa shape index (κ3) is 4.17. The van der Waals surface area contributed by atoms with Gasteiger partial charge in [0.05, 0.1) is 6.54 Å². The summed E-state index contributed by atoms with van der Waals surface area (Å²) < 4.78 is 1.01. The van der Waals surface area contributed by atoms with Gasteiger partial charge in [0.2, 0.25) is 0 Å². The van der Waals surface area contributed by atoms with Crippen LogP contribution in [0, 0.1) is 11.8 Å². The second-order valence-electron chi connectivity index (χ2n) is 3.81. The van der Waals surface area contributed by atoms with Gasteiger partial charge < -0.3 is 10.4 Å². The van der Waals surface area contributed by atoms with E-state index < -0.39 is 0 Å². The zero-order valence-electron chi connectivity index (χ0n) is 10.4. The number of halogens is 1. The smallest absolute Gasteiger partial charge is 0.270 e. The van der Waals surface area contributed by atoms with Gasteiger partial charge in [-0.2, -0.15) is 0 Å². The lowest BCUT2D eigenvalue weighted by Crippen LogP contribution is -2.23. The molecule has 20 heavy (non-hydrogen) atoms. The van der Waals surface area contributed by atoms with Gasteiger partial charge in [0.15, 0.2) is 0 Å². The number of aliphatic hydroxyl groups excluding tert-OH is 1. The summed E-state index contributed by atoms with van der Waals surface area (Å²) in [7, 11) is 0. The Labute approximate surface area is 129 Å². The summed E-state index contributed by atoms with van der Waals surface area (Å²) in [4.78, 5) is 17.0. The van der Waals surface area contributed by atoms with Crippen LogP contribution in [0.1, 0.15) is 20.9 Å². The number of hydrogen-bond donors (Lipinski definition) is 2. The first-order chi connectivity index (χ1) is 9.69. The summed E-state index contributed by atoms with van der Waals surface area (Å²) in [6.45, 7) is 0.279. The second-order valence-corrected chi connectivity index (χ2v) is 5.72. The highest BCUT2D eigenvalue weighted by Gasteiger charge is 2.07. The molecule has 2 heterocycles. The van der Waals surface area contributed by atoms with Crippen molar-refractivity contribution in [2.75, 3.05) is 6.61 Å². The van der Waals surface area contributed by atoms with Crippen molar-refractivity contribution in [1.29, 1.82) is 0 Å². The number of thiophene rings is 1. The van der Waals surface area contributed by atoms with Crippen LogP contribution < -0.4 is 5.32 Å². The van der Waals surface area contributed by atoms with Gasteiger partial charge >= 0.3 is 0 Å². The lowest BCUT2D eigenvalue weighted by Gasteiger charge is -2.02. The van der Waals surface area contributed by atoms with Crippen LogP contribution in [-0.4, -0.2) is 22.6 Å². The van der Waals surface area contributed by atoms with Crippen molar-refractivity contribution in [3.63, 3.8) is 0 Å². The summed E-state index contributed by atoms with van der Waals surface area (Å²) >= 11 is 4.94. The minimum Gasteiger partial charge on any atom is -0.384 e. The normalized spacial score (nSPS) is 9.70. The number of nitrogens with one attached hydrogen (secondary N) is 1. The van der Waals surface area contributed by atoms with Crippen LogP contribution in [0.5, 0.6) is 0 Å². The van der Waals surface area contributed by atoms with E-state index in [0.29, 0.717) is 17.8 Å². The molecule has 0 radical (unpaired) electrons. The van der Waals surface area contributed by atoms with Crippen LogP contribution >= 0.6 is 27.3 Å². The molecule has 0 aliphatic rings. The summed E-state index contributed by atoms with van der Waals surface area (Å²) in [5.41, 5.74) is 1.01. The fourth-order valence-corrected chi connectivity index (χ4v) is 2.84. The number of amides is 1. The first-order valence-corrected chi connectivity index (χ1v) is 7.43. The Balaban J connectivity index is 1.95. The van der Waals surface area contributed by atoms with Crippen LogP contribution in [0.15, 0.2) is 34.2 Å². The molecule has 0 aliphatic carbocycles. The van der Waals surface area contributed by atoms with E-state index in [4.69, 9.17) is 5.11 Å². The van der Waals surface area contributed by atoms with Crippen LogP contribution in [0.3, 0.4) is 0 Å². The Hall–Kier alpha value is -1.68. The van der Waals surface area contributed by atoms with Gasteiger partial charge in [-0.25, -0.2) is 4.98 Å². The Morgan fingerprint density at radius 2 is 2.35 bits per heavy atom. The standard InChI is InChI=1S/C14H11BrN2O2S/c15-11-6-12(20-9-11)8-17-14(19)13-4-3-10(7-16-13)2-1-5-18/h3-4,6-7,9,18H,5,8H2,(H,17,19). The van der Waals surface area contributed by atoms with Crippen molar-refractivity contribution >= 4 is 33.2 Å². The van der Waals surface area contributed by atoms with Crippen molar-refractivity contribution in [2.24, 2.45) is 0 Å². The maximum atomic E-state index is 11.9. The summed E-state index contributed by atoms with van der Waals surface area (Å²) in [5, 5.41) is 13.4. The largest absolute Gasteiger partial charge is 0.384 e. The summed E-state index contributed by atoms with van der Waals surface area (Å²) in [6, 6.07) is 5.28. The second kappa shape index (κ2) is 7.20. The van der Waals surface area contributed by atoms with Crippen LogP contribution in [-0.2, 0) is 6.54 Å². The molecule has 2 aromatic rings. The fraction of sp³-hybridized carbons (Fsp3) is 0.143. The van der Waals surface area contributed by atoms with E-state index in [1.165, 1.54) is 6.20 Å². The maximum absolute atomic E-state index is 11.9. The van der Waals surface area contributed by atoms with Gasteiger partial charge in [0.1, 0.15) is 12.3 Å². The SMILES string of the molecule is O=C(NCc1cc(Br)cs1)c1ccc(C#CCO)cn1. The molecule has 4 nitrogen and oxygen atoms in total.